The van der Waals surface area contributed by atoms with Gasteiger partial charge in [-0.05, 0) is 75.1 Å². The number of pyridine rings is 1. The molecule has 9 nitrogen and oxygen atoms in total. The van der Waals surface area contributed by atoms with Crippen LogP contribution >= 0.6 is 0 Å². The van der Waals surface area contributed by atoms with Crippen molar-refractivity contribution < 1.29 is 19.5 Å². The van der Waals surface area contributed by atoms with Gasteiger partial charge in [0.05, 0.1) is 23.5 Å². The summed E-state index contributed by atoms with van der Waals surface area (Å²) in [5, 5.41) is 13.9. The molecule has 0 spiro atoms. The quantitative estimate of drug-likeness (QED) is 0.559. The van der Waals surface area contributed by atoms with E-state index in [1.165, 1.54) is 36.3 Å². The van der Waals surface area contributed by atoms with Crippen molar-refractivity contribution in [2.24, 2.45) is 5.92 Å². The highest BCUT2D eigenvalue weighted by atomic mass is 16.3. The monoisotopic (exact) mass is 543 g/mol. The summed E-state index contributed by atoms with van der Waals surface area (Å²) in [4.78, 5) is 48.4. The van der Waals surface area contributed by atoms with E-state index >= 15 is 0 Å². The zero-order valence-corrected chi connectivity index (χ0v) is 22.8. The Morgan fingerprint density at radius 1 is 0.950 bits per heavy atom. The van der Waals surface area contributed by atoms with Crippen LogP contribution in [0.15, 0.2) is 42.5 Å². The topological polar surface area (TPSA) is 106 Å². The number of nitrogens with one attached hydrogen (secondary N) is 1. The Labute approximate surface area is 234 Å². The van der Waals surface area contributed by atoms with Crippen molar-refractivity contribution in [3.05, 3.63) is 59.4 Å². The molecule has 40 heavy (non-hydrogen) atoms. The number of piperidine rings is 3. The van der Waals surface area contributed by atoms with Crippen LogP contribution in [-0.4, -0.2) is 75.4 Å². The van der Waals surface area contributed by atoms with Gasteiger partial charge >= 0.3 is 0 Å². The molecule has 4 saturated heterocycles. The first-order chi connectivity index (χ1) is 19.4. The lowest BCUT2D eigenvalue weighted by molar-refractivity contribution is -0.136. The van der Waals surface area contributed by atoms with Crippen molar-refractivity contribution in [1.82, 2.24) is 20.1 Å². The van der Waals surface area contributed by atoms with E-state index in [-0.39, 0.29) is 24.8 Å². The van der Waals surface area contributed by atoms with Gasteiger partial charge in [0.25, 0.3) is 5.91 Å². The van der Waals surface area contributed by atoms with Crippen molar-refractivity contribution in [3.8, 4) is 0 Å². The summed E-state index contributed by atoms with van der Waals surface area (Å²) in [6.07, 6.45) is 6.79. The van der Waals surface area contributed by atoms with Gasteiger partial charge in [-0.2, -0.15) is 0 Å². The predicted octanol–water partition coefficient (Wildman–Crippen LogP) is 2.57. The molecule has 4 fully saturated rings. The van der Waals surface area contributed by atoms with Crippen LogP contribution < -0.4 is 10.2 Å². The molecular weight excluding hydrogens is 506 g/mol. The third-order valence-corrected chi connectivity index (χ3v) is 9.93. The summed E-state index contributed by atoms with van der Waals surface area (Å²) in [7, 11) is 0. The molecule has 5 aliphatic rings. The SMILES string of the molecule is O=C1CCC(N2Cc3nc(C4(O)CCN(CC5CC6CCC(C5)N6c5ccccc5)CC4)ccc3C2=O)C(=O)N1. The zero-order chi connectivity index (χ0) is 27.4. The first-order valence-electron chi connectivity index (χ1n) is 14.8. The molecule has 2 aromatic rings. The molecule has 210 valence electrons. The molecule has 9 heteroatoms. The molecule has 2 bridgehead atoms. The standard InChI is InChI=1S/C31H37N5O4/c37-28-11-9-26(29(38)33-28)35-19-25-24(30(35)39)8-10-27(32-25)31(40)12-14-34(15-13-31)18-20-16-22-6-7-23(17-20)36(22)21-4-2-1-3-5-21/h1-5,8,10,20,22-23,26,40H,6-7,9,11-19H2,(H,33,37,38). The van der Waals surface area contributed by atoms with E-state index in [0.717, 1.165) is 19.6 Å². The summed E-state index contributed by atoms with van der Waals surface area (Å²) in [6.45, 7) is 2.95. The minimum Gasteiger partial charge on any atom is -0.383 e. The van der Waals surface area contributed by atoms with Crippen LogP contribution in [0.2, 0.25) is 0 Å². The lowest BCUT2D eigenvalue weighted by Crippen LogP contribution is -2.52. The summed E-state index contributed by atoms with van der Waals surface area (Å²) < 4.78 is 0. The maximum Gasteiger partial charge on any atom is 0.256 e. The molecule has 7 rings (SSSR count). The Balaban J connectivity index is 0.968. The fraction of sp³-hybridized carbons (Fsp3) is 0.548. The number of rotatable bonds is 5. The molecule has 1 aromatic heterocycles. The van der Waals surface area contributed by atoms with Crippen LogP contribution in [-0.2, 0) is 21.7 Å². The van der Waals surface area contributed by atoms with E-state index < -0.39 is 17.6 Å². The first kappa shape index (κ1) is 25.7. The summed E-state index contributed by atoms with van der Waals surface area (Å²) in [5.74, 6) is -0.282. The molecule has 3 atom stereocenters. The van der Waals surface area contributed by atoms with Crippen LogP contribution in [0.5, 0.6) is 0 Å². The third kappa shape index (κ3) is 4.49. The molecule has 2 N–H and O–H groups in total. The second kappa shape index (κ2) is 9.96. The van der Waals surface area contributed by atoms with Crippen LogP contribution in [0.4, 0.5) is 5.69 Å². The zero-order valence-electron chi connectivity index (χ0n) is 22.8. The van der Waals surface area contributed by atoms with Gasteiger partial charge in [0.2, 0.25) is 11.8 Å². The van der Waals surface area contributed by atoms with Gasteiger partial charge in [-0.1, -0.05) is 18.2 Å². The van der Waals surface area contributed by atoms with Gasteiger partial charge in [-0.15, -0.1) is 0 Å². The van der Waals surface area contributed by atoms with Crippen LogP contribution in [0.3, 0.4) is 0 Å². The molecular formula is C31H37N5O4. The van der Waals surface area contributed by atoms with Crippen LogP contribution in [0.25, 0.3) is 0 Å². The van der Waals surface area contributed by atoms with Gasteiger partial charge in [-0.25, -0.2) is 0 Å². The van der Waals surface area contributed by atoms with E-state index in [9.17, 15) is 19.5 Å². The van der Waals surface area contributed by atoms with E-state index in [1.54, 1.807) is 12.1 Å². The van der Waals surface area contributed by atoms with Crippen molar-refractivity contribution in [3.63, 3.8) is 0 Å². The van der Waals surface area contributed by atoms with Gasteiger partial charge in [-0.3, -0.25) is 24.7 Å². The lowest BCUT2D eigenvalue weighted by Gasteiger charge is -2.44. The maximum absolute atomic E-state index is 13.0. The normalized spacial score (nSPS) is 30.0. The number of carbonyl (C=O) groups excluding carboxylic acids is 3. The van der Waals surface area contributed by atoms with E-state index in [0.29, 0.717) is 54.2 Å². The molecule has 6 heterocycles. The fourth-order valence-corrected chi connectivity index (χ4v) is 7.88. The number of hydrogen-bond acceptors (Lipinski definition) is 7. The second-order valence-electron chi connectivity index (χ2n) is 12.4. The van der Waals surface area contributed by atoms with Crippen molar-refractivity contribution in [2.45, 2.75) is 81.6 Å². The number of anilines is 1. The number of aliphatic hydroxyl groups is 1. The highest BCUT2D eigenvalue weighted by Gasteiger charge is 2.44. The van der Waals surface area contributed by atoms with Crippen molar-refractivity contribution in [2.75, 3.05) is 24.5 Å². The number of fused-ring (bicyclic) bond motifs is 3. The minimum atomic E-state index is -1.02. The second-order valence-corrected chi connectivity index (χ2v) is 12.4. The minimum absolute atomic E-state index is 0.221. The molecule has 0 aliphatic carbocycles. The largest absolute Gasteiger partial charge is 0.383 e. The molecule has 0 saturated carbocycles. The van der Waals surface area contributed by atoms with Gasteiger partial charge in [0, 0.05) is 43.8 Å². The number of imide groups is 1. The molecule has 3 amide bonds. The Morgan fingerprint density at radius 2 is 1.68 bits per heavy atom. The number of benzene rings is 1. The van der Waals surface area contributed by atoms with Gasteiger partial charge in [0.1, 0.15) is 11.6 Å². The number of amides is 3. The number of nitrogens with zero attached hydrogens (tertiary/aromatic N) is 4. The predicted molar refractivity (Wildman–Crippen MR) is 148 cm³/mol. The lowest BCUT2D eigenvalue weighted by atomic mass is 9.85. The Hall–Kier alpha value is -3.30. The van der Waals surface area contributed by atoms with E-state index in [2.05, 4.69) is 45.4 Å². The smallest absolute Gasteiger partial charge is 0.256 e. The average molecular weight is 544 g/mol. The summed E-state index contributed by atoms with van der Waals surface area (Å²) >= 11 is 0. The number of para-hydroxylation sites is 1. The number of hydrogen-bond donors (Lipinski definition) is 2. The van der Waals surface area contributed by atoms with E-state index in [1.807, 2.05) is 0 Å². The molecule has 5 aliphatic heterocycles. The summed E-state index contributed by atoms with van der Waals surface area (Å²) in [5.41, 5.74) is 2.03. The molecule has 0 radical (unpaired) electrons. The Morgan fingerprint density at radius 3 is 2.38 bits per heavy atom. The van der Waals surface area contributed by atoms with Gasteiger partial charge in [0.15, 0.2) is 0 Å². The van der Waals surface area contributed by atoms with E-state index in [4.69, 9.17) is 4.98 Å². The summed E-state index contributed by atoms with van der Waals surface area (Å²) in [6, 6.07) is 15.0. The fourth-order valence-electron chi connectivity index (χ4n) is 7.88. The first-order valence-corrected chi connectivity index (χ1v) is 14.8. The highest BCUT2D eigenvalue weighted by molar-refractivity contribution is 6.05. The average Bonchev–Trinajstić information content (AvgIpc) is 3.43. The van der Waals surface area contributed by atoms with Crippen molar-refractivity contribution >= 4 is 23.4 Å². The molecule has 1 aromatic carbocycles. The van der Waals surface area contributed by atoms with Gasteiger partial charge < -0.3 is 19.8 Å². The molecule has 3 unspecified atom stereocenters. The Bertz CT molecular complexity index is 1310. The highest BCUT2D eigenvalue weighted by Crippen LogP contribution is 2.42. The Kier molecular flexibility index (Phi) is 6.39. The number of likely N-dealkylation sites (tertiary alicyclic amines) is 1. The van der Waals surface area contributed by atoms with Crippen molar-refractivity contribution in [1.29, 1.82) is 0 Å². The maximum atomic E-state index is 13.0. The van der Waals surface area contributed by atoms with Crippen LogP contribution in [0, 0.1) is 5.92 Å². The number of aromatic nitrogens is 1. The van der Waals surface area contributed by atoms with Crippen LogP contribution in [0.1, 0.15) is 73.1 Å². The number of carbonyl (C=O) groups is 3. The third-order valence-electron chi connectivity index (χ3n) is 9.93.